The number of carbonyl (C=O) groups excluding carboxylic acids is 1. The molecular weight excluding hydrogens is 375 g/mol. The number of likely N-dealkylation sites (tertiary alicyclic amines) is 1. The van der Waals surface area contributed by atoms with Gasteiger partial charge in [0.15, 0.2) is 12.6 Å². The second kappa shape index (κ2) is 10.2. The number of benzene rings is 1. The van der Waals surface area contributed by atoms with Crippen molar-refractivity contribution in [1.82, 2.24) is 15.5 Å². The molecule has 1 aliphatic rings. The predicted molar refractivity (Wildman–Crippen MR) is 100.0 cm³/mol. The van der Waals surface area contributed by atoms with Gasteiger partial charge in [-0.15, -0.1) is 0 Å². The summed E-state index contributed by atoms with van der Waals surface area (Å²) in [5, 5.41) is 6.30. The Hall–Kier alpha value is -2.49. The van der Waals surface area contributed by atoms with Gasteiger partial charge in [-0.3, -0.25) is 9.69 Å². The summed E-state index contributed by atoms with van der Waals surface area (Å²) >= 11 is 0. The molecule has 1 unspecified atom stereocenters. The van der Waals surface area contributed by atoms with Crippen LogP contribution in [-0.2, 0) is 11.3 Å². The normalized spacial score (nSPS) is 18.1. The highest BCUT2D eigenvalue weighted by molar-refractivity contribution is 5.80. The molecule has 1 heterocycles. The second-order valence-corrected chi connectivity index (χ2v) is 6.58. The topological polar surface area (TPSA) is 92.0 Å². The molecule has 0 radical (unpaired) electrons. The molecule has 0 bridgehead atoms. The van der Waals surface area contributed by atoms with Crippen molar-refractivity contribution in [3.05, 3.63) is 29.8 Å². The Balaban J connectivity index is 1.92. The first kappa shape index (κ1) is 21.8. The molecular formula is C18H26F3N5O2. The number of ether oxygens (including phenoxy) is 1. The molecule has 1 saturated heterocycles. The molecule has 0 aromatic heterocycles. The molecule has 28 heavy (non-hydrogen) atoms. The molecule has 0 aliphatic carbocycles. The van der Waals surface area contributed by atoms with Crippen LogP contribution in [0, 0.1) is 0 Å². The number of nitrogens with zero attached hydrogens (tertiary/aromatic N) is 2. The van der Waals surface area contributed by atoms with Gasteiger partial charge < -0.3 is 21.1 Å². The first-order chi connectivity index (χ1) is 13.2. The Bertz CT molecular complexity index is 681. The lowest BCUT2D eigenvalue weighted by molar-refractivity contribution is -0.143. The Morgan fingerprint density at radius 1 is 1.43 bits per heavy atom. The van der Waals surface area contributed by atoms with E-state index in [1.54, 1.807) is 18.2 Å². The molecule has 1 amide bonds. The van der Waals surface area contributed by atoms with Crippen LogP contribution < -0.4 is 21.1 Å². The summed E-state index contributed by atoms with van der Waals surface area (Å²) in [6.45, 7) is 2.52. The highest BCUT2D eigenvalue weighted by Crippen LogP contribution is 2.20. The fourth-order valence-corrected chi connectivity index (χ4v) is 2.92. The van der Waals surface area contributed by atoms with Crippen molar-refractivity contribution in [3.63, 3.8) is 0 Å². The van der Waals surface area contributed by atoms with E-state index in [9.17, 15) is 18.0 Å². The fraction of sp³-hybridized carbons (Fsp3) is 0.556. The summed E-state index contributed by atoms with van der Waals surface area (Å²) in [6, 6.07) is 7.04. The van der Waals surface area contributed by atoms with Gasteiger partial charge >= 0.3 is 6.18 Å². The number of halogens is 3. The van der Waals surface area contributed by atoms with Gasteiger partial charge in [-0.1, -0.05) is 12.1 Å². The fourth-order valence-electron chi connectivity index (χ4n) is 2.92. The number of hydrogen-bond donors (Lipinski definition) is 3. The van der Waals surface area contributed by atoms with E-state index in [1.807, 2.05) is 13.0 Å². The minimum Gasteiger partial charge on any atom is -0.484 e. The first-order valence-electron chi connectivity index (χ1n) is 9.09. The third kappa shape index (κ3) is 8.03. The van der Waals surface area contributed by atoms with E-state index in [4.69, 9.17) is 10.5 Å². The molecule has 156 valence electrons. The number of guanidine groups is 1. The molecule has 7 nitrogen and oxygen atoms in total. The van der Waals surface area contributed by atoms with Crippen molar-refractivity contribution in [3.8, 4) is 5.75 Å². The number of nitrogens with one attached hydrogen (secondary N) is 2. The maximum absolute atomic E-state index is 12.5. The second-order valence-electron chi connectivity index (χ2n) is 6.58. The molecule has 10 heteroatoms. The zero-order valence-corrected chi connectivity index (χ0v) is 15.8. The lowest BCUT2D eigenvalue weighted by Crippen LogP contribution is -2.45. The van der Waals surface area contributed by atoms with Crippen LogP contribution in [0.3, 0.4) is 0 Å². The lowest BCUT2D eigenvalue weighted by Gasteiger charge is -2.19. The summed E-state index contributed by atoms with van der Waals surface area (Å²) in [4.78, 5) is 16.7. The molecule has 1 fully saturated rings. The van der Waals surface area contributed by atoms with Crippen LogP contribution in [-0.4, -0.2) is 61.8 Å². The van der Waals surface area contributed by atoms with Crippen molar-refractivity contribution < 1.29 is 22.7 Å². The van der Waals surface area contributed by atoms with Crippen molar-refractivity contribution in [2.75, 3.05) is 32.8 Å². The molecule has 1 atom stereocenters. The Morgan fingerprint density at radius 3 is 2.89 bits per heavy atom. The molecule has 1 aliphatic heterocycles. The number of amides is 1. The van der Waals surface area contributed by atoms with Crippen molar-refractivity contribution >= 4 is 11.9 Å². The van der Waals surface area contributed by atoms with Gasteiger partial charge in [0.2, 0.25) is 0 Å². The largest absolute Gasteiger partial charge is 0.484 e. The monoisotopic (exact) mass is 401 g/mol. The number of rotatable bonds is 8. The average Bonchev–Trinajstić information content (AvgIpc) is 3.03. The summed E-state index contributed by atoms with van der Waals surface area (Å²) < 4.78 is 42.8. The van der Waals surface area contributed by atoms with E-state index < -0.39 is 18.6 Å². The average molecular weight is 401 g/mol. The van der Waals surface area contributed by atoms with E-state index >= 15 is 0 Å². The van der Waals surface area contributed by atoms with Crippen LogP contribution in [0.1, 0.15) is 18.9 Å². The van der Waals surface area contributed by atoms with Crippen molar-refractivity contribution in [2.24, 2.45) is 10.7 Å². The Labute approximate surface area is 162 Å². The summed E-state index contributed by atoms with van der Waals surface area (Å²) in [6.07, 6.45) is -3.56. The van der Waals surface area contributed by atoms with Gasteiger partial charge in [0.25, 0.3) is 5.91 Å². The van der Waals surface area contributed by atoms with Gasteiger partial charge in [-0.05, 0) is 31.0 Å². The van der Waals surface area contributed by atoms with Gasteiger partial charge in [0.1, 0.15) is 5.75 Å². The first-order valence-corrected chi connectivity index (χ1v) is 9.09. The quantitative estimate of drug-likeness (QED) is 0.450. The summed E-state index contributed by atoms with van der Waals surface area (Å²) in [7, 11) is 0. The number of aliphatic imine (C=N–C) groups is 1. The van der Waals surface area contributed by atoms with Gasteiger partial charge in [0.05, 0.1) is 13.1 Å². The van der Waals surface area contributed by atoms with Crippen LogP contribution in [0.4, 0.5) is 13.2 Å². The molecule has 4 N–H and O–H groups in total. The van der Waals surface area contributed by atoms with E-state index in [-0.39, 0.29) is 12.6 Å². The third-order valence-electron chi connectivity index (χ3n) is 4.06. The standard InChI is InChI=1S/C18H26F3N5O2/c1-2-23-17(25-14-6-7-26(10-14)12-18(19,20)21)24-9-13-4-3-5-15(8-13)28-11-16(22)27/h3-5,8,14H,2,6-7,9-12H2,1H3,(H2,22,27)(H2,23,24,25). The van der Waals surface area contributed by atoms with Crippen molar-refractivity contribution in [1.29, 1.82) is 0 Å². The van der Waals surface area contributed by atoms with E-state index in [1.165, 1.54) is 4.90 Å². The maximum Gasteiger partial charge on any atom is 0.401 e. The van der Waals surface area contributed by atoms with Crippen LogP contribution in [0.5, 0.6) is 5.75 Å². The van der Waals surface area contributed by atoms with Crippen LogP contribution in [0.15, 0.2) is 29.3 Å². The molecule has 1 aromatic rings. The molecule has 2 rings (SSSR count). The number of primary amides is 1. The van der Waals surface area contributed by atoms with E-state index in [0.29, 0.717) is 44.3 Å². The lowest BCUT2D eigenvalue weighted by atomic mass is 10.2. The van der Waals surface area contributed by atoms with E-state index in [0.717, 1.165) is 5.56 Å². The van der Waals surface area contributed by atoms with Crippen LogP contribution >= 0.6 is 0 Å². The number of hydrogen-bond acceptors (Lipinski definition) is 4. The number of alkyl halides is 3. The smallest absolute Gasteiger partial charge is 0.401 e. The molecule has 0 saturated carbocycles. The zero-order valence-electron chi connectivity index (χ0n) is 15.8. The maximum atomic E-state index is 12.5. The number of carbonyl (C=O) groups is 1. The highest BCUT2D eigenvalue weighted by Gasteiger charge is 2.34. The predicted octanol–water partition coefficient (Wildman–Crippen LogP) is 1.24. The Morgan fingerprint density at radius 2 is 2.21 bits per heavy atom. The number of nitrogens with two attached hydrogens (primary N) is 1. The molecule has 1 aromatic carbocycles. The van der Waals surface area contributed by atoms with Gasteiger partial charge in [-0.25, -0.2) is 4.99 Å². The minimum atomic E-state index is -4.19. The van der Waals surface area contributed by atoms with Crippen LogP contribution in [0.25, 0.3) is 0 Å². The van der Waals surface area contributed by atoms with Gasteiger partial charge in [0, 0.05) is 25.7 Å². The Kier molecular flexibility index (Phi) is 7.91. The third-order valence-corrected chi connectivity index (χ3v) is 4.06. The molecule has 0 spiro atoms. The summed E-state index contributed by atoms with van der Waals surface area (Å²) in [5.74, 6) is 0.506. The van der Waals surface area contributed by atoms with Crippen LogP contribution in [0.2, 0.25) is 0 Å². The minimum absolute atomic E-state index is 0.0922. The van der Waals surface area contributed by atoms with E-state index in [2.05, 4.69) is 15.6 Å². The SMILES string of the molecule is CCNC(=NCc1cccc(OCC(N)=O)c1)NC1CCN(CC(F)(F)F)C1. The zero-order chi connectivity index (χ0) is 20.6. The van der Waals surface area contributed by atoms with Crippen molar-refractivity contribution in [2.45, 2.75) is 32.1 Å². The van der Waals surface area contributed by atoms with Gasteiger partial charge in [-0.2, -0.15) is 13.2 Å². The summed E-state index contributed by atoms with van der Waals surface area (Å²) in [5.41, 5.74) is 5.93. The highest BCUT2D eigenvalue weighted by atomic mass is 19.4.